The predicted molar refractivity (Wildman–Crippen MR) is 84.8 cm³/mol. The molecule has 0 radical (unpaired) electrons. The van der Waals surface area contributed by atoms with Crippen LogP contribution in [-0.2, 0) is 0 Å². The maximum absolute atomic E-state index is 10.8. The second-order valence-corrected chi connectivity index (χ2v) is 5.22. The molecule has 0 bridgehead atoms. The van der Waals surface area contributed by atoms with Crippen LogP contribution in [0.15, 0.2) is 42.5 Å². The number of nitriles is 1. The van der Waals surface area contributed by atoms with Gasteiger partial charge in [0.25, 0.3) is 0 Å². The Kier molecular flexibility index (Phi) is 4.62. The summed E-state index contributed by atoms with van der Waals surface area (Å²) in [4.78, 5) is 12.8. The Labute approximate surface area is 129 Å². The second kappa shape index (κ2) is 6.43. The molecule has 0 N–H and O–H groups in total. The van der Waals surface area contributed by atoms with Gasteiger partial charge in [0.1, 0.15) is 12.4 Å². The molecule has 21 heavy (non-hydrogen) atoms. The number of carbonyl (C=O) groups is 1. The monoisotopic (exact) mass is 298 g/mol. The Morgan fingerprint density at radius 3 is 2.62 bits per heavy atom. The molecule has 0 aliphatic heterocycles. The van der Waals surface area contributed by atoms with Gasteiger partial charge in [0, 0.05) is 17.6 Å². The van der Waals surface area contributed by atoms with Crippen molar-refractivity contribution in [3.8, 4) is 6.07 Å². The molecular weight excluding hydrogens is 284 g/mol. The lowest BCUT2D eigenvalue weighted by molar-refractivity contribution is 0.112. The standard InChI is InChI=1S/C17H15ClN2O/c1-12(15-5-3-4-6-16(15)18)20(2)17-8-7-13(11-21)9-14(17)10-19/h3-9,11-12H,1-2H3. The molecule has 106 valence electrons. The largest absolute Gasteiger partial charge is 0.367 e. The Balaban J connectivity index is 2.40. The van der Waals surface area contributed by atoms with Gasteiger partial charge in [-0.2, -0.15) is 5.26 Å². The van der Waals surface area contributed by atoms with E-state index >= 15 is 0 Å². The van der Waals surface area contributed by atoms with Crippen molar-refractivity contribution in [2.75, 3.05) is 11.9 Å². The molecule has 1 atom stereocenters. The molecule has 1 unspecified atom stereocenters. The fourth-order valence-corrected chi connectivity index (χ4v) is 2.55. The van der Waals surface area contributed by atoms with Gasteiger partial charge in [0.15, 0.2) is 0 Å². The van der Waals surface area contributed by atoms with Gasteiger partial charge in [-0.3, -0.25) is 4.79 Å². The number of anilines is 1. The first-order valence-electron chi connectivity index (χ1n) is 6.55. The Bertz CT molecular complexity index is 706. The molecule has 0 saturated heterocycles. The zero-order valence-electron chi connectivity index (χ0n) is 11.9. The molecular formula is C17H15ClN2O. The van der Waals surface area contributed by atoms with Crippen LogP contribution in [0.25, 0.3) is 0 Å². The summed E-state index contributed by atoms with van der Waals surface area (Å²) in [7, 11) is 1.91. The highest BCUT2D eigenvalue weighted by molar-refractivity contribution is 6.31. The third-order valence-corrected chi connectivity index (χ3v) is 3.94. The summed E-state index contributed by atoms with van der Waals surface area (Å²) < 4.78 is 0. The highest BCUT2D eigenvalue weighted by atomic mass is 35.5. The van der Waals surface area contributed by atoms with Gasteiger partial charge in [-0.1, -0.05) is 29.8 Å². The Morgan fingerprint density at radius 2 is 2.00 bits per heavy atom. The van der Waals surface area contributed by atoms with Crippen LogP contribution >= 0.6 is 11.6 Å². The van der Waals surface area contributed by atoms with Gasteiger partial charge in [0.2, 0.25) is 0 Å². The number of aldehydes is 1. The maximum Gasteiger partial charge on any atom is 0.150 e. The molecule has 0 aliphatic rings. The fraction of sp³-hybridized carbons (Fsp3) is 0.176. The highest BCUT2D eigenvalue weighted by Crippen LogP contribution is 2.31. The third kappa shape index (κ3) is 3.07. The molecule has 0 fully saturated rings. The third-order valence-electron chi connectivity index (χ3n) is 3.59. The lowest BCUT2D eigenvalue weighted by Gasteiger charge is -2.29. The van der Waals surface area contributed by atoms with Crippen LogP contribution in [0.1, 0.15) is 34.5 Å². The van der Waals surface area contributed by atoms with Crippen LogP contribution in [-0.4, -0.2) is 13.3 Å². The lowest BCUT2D eigenvalue weighted by atomic mass is 10.0. The van der Waals surface area contributed by atoms with Crippen LogP contribution in [0, 0.1) is 11.3 Å². The average Bonchev–Trinajstić information content (AvgIpc) is 2.53. The predicted octanol–water partition coefficient (Wildman–Crippen LogP) is 4.22. The molecule has 0 spiro atoms. The molecule has 3 nitrogen and oxygen atoms in total. The summed E-state index contributed by atoms with van der Waals surface area (Å²) in [5, 5.41) is 9.97. The van der Waals surface area contributed by atoms with Crippen molar-refractivity contribution in [3.05, 3.63) is 64.2 Å². The van der Waals surface area contributed by atoms with E-state index < -0.39 is 0 Å². The number of benzene rings is 2. The summed E-state index contributed by atoms with van der Waals surface area (Å²) in [5.41, 5.74) is 2.73. The first kappa shape index (κ1) is 15.1. The van der Waals surface area contributed by atoms with Gasteiger partial charge in [-0.25, -0.2) is 0 Å². The van der Waals surface area contributed by atoms with E-state index in [4.69, 9.17) is 11.6 Å². The first-order chi connectivity index (χ1) is 10.1. The minimum absolute atomic E-state index is 0.00730. The molecule has 0 aromatic heterocycles. The van der Waals surface area contributed by atoms with Gasteiger partial charge in [0.05, 0.1) is 17.3 Å². The number of hydrogen-bond acceptors (Lipinski definition) is 3. The Morgan fingerprint density at radius 1 is 1.29 bits per heavy atom. The molecule has 2 rings (SSSR count). The zero-order chi connectivity index (χ0) is 15.4. The average molecular weight is 299 g/mol. The minimum Gasteiger partial charge on any atom is -0.367 e. The van der Waals surface area contributed by atoms with E-state index in [1.165, 1.54) is 0 Å². The van der Waals surface area contributed by atoms with E-state index in [9.17, 15) is 10.1 Å². The highest BCUT2D eigenvalue weighted by Gasteiger charge is 2.17. The van der Waals surface area contributed by atoms with Crippen LogP contribution < -0.4 is 4.90 Å². The van der Waals surface area contributed by atoms with Gasteiger partial charge in [-0.15, -0.1) is 0 Å². The summed E-state index contributed by atoms with van der Waals surface area (Å²) in [6.07, 6.45) is 0.738. The van der Waals surface area contributed by atoms with E-state index in [2.05, 4.69) is 6.07 Å². The van der Waals surface area contributed by atoms with Crippen molar-refractivity contribution < 1.29 is 4.79 Å². The molecule has 0 heterocycles. The van der Waals surface area contributed by atoms with E-state index in [0.717, 1.165) is 17.5 Å². The SMILES string of the molecule is CC(c1ccccc1Cl)N(C)c1ccc(C=O)cc1C#N. The maximum atomic E-state index is 10.8. The number of rotatable bonds is 4. The van der Waals surface area contributed by atoms with Crippen LogP contribution in [0.5, 0.6) is 0 Å². The van der Waals surface area contributed by atoms with Crippen molar-refractivity contribution in [2.45, 2.75) is 13.0 Å². The summed E-state index contributed by atoms with van der Waals surface area (Å²) in [6.45, 7) is 2.02. The first-order valence-corrected chi connectivity index (χ1v) is 6.93. The van der Waals surface area contributed by atoms with Crippen LogP contribution in [0.3, 0.4) is 0 Å². The normalized spacial score (nSPS) is 11.5. The Hall–Kier alpha value is -2.31. The minimum atomic E-state index is 0.00730. The van der Waals surface area contributed by atoms with Crippen LogP contribution in [0.2, 0.25) is 5.02 Å². The molecule has 0 amide bonds. The summed E-state index contributed by atoms with van der Waals surface area (Å²) in [5.74, 6) is 0. The second-order valence-electron chi connectivity index (χ2n) is 4.81. The lowest BCUT2D eigenvalue weighted by Crippen LogP contribution is -2.22. The van der Waals surface area contributed by atoms with Crippen molar-refractivity contribution in [2.24, 2.45) is 0 Å². The molecule has 0 saturated carbocycles. The van der Waals surface area contributed by atoms with E-state index in [0.29, 0.717) is 16.1 Å². The van der Waals surface area contributed by atoms with E-state index in [1.54, 1.807) is 18.2 Å². The number of halogens is 1. The van der Waals surface area contributed by atoms with E-state index in [-0.39, 0.29) is 6.04 Å². The zero-order valence-corrected chi connectivity index (χ0v) is 12.6. The summed E-state index contributed by atoms with van der Waals surface area (Å²) in [6, 6.07) is 14.9. The van der Waals surface area contributed by atoms with Gasteiger partial charge < -0.3 is 4.90 Å². The van der Waals surface area contributed by atoms with Crippen molar-refractivity contribution in [3.63, 3.8) is 0 Å². The molecule has 2 aromatic carbocycles. The molecule has 4 heteroatoms. The smallest absolute Gasteiger partial charge is 0.150 e. The van der Waals surface area contributed by atoms with Crippen molar-refractivity contribution in [1.82, 2.24) is 0 Å². The number of carbonyl (C=O) groups excluding carboxylic acids is 1. The van der Waals surface area contributed by atoms with Gasteiger partial charge >= 0.3 is 0 Å². The van der Waals surface area contributed by atoms with Crippen molar-refractivity contribution in [1.29, 1.82) is 5.26 Å². The summed E-state index contributed by atoms with van der Waals surface area (Å²) >= 11 is 6.23. The quantitative estimate of drug-likeness (QED) is 0.794. The number of nitrogens with zero attached hydrogens (tertiary/aromatic N) is 2. The van der Waals surface area contributed by atoms with E-state index in [1.807, 2.05) is 43.1 Å². The number of hydrogen-bond donors (Lipinski definition) is 0. The molecule has 2 aromatic rings. The topological polar surface area (TPSA) is 44.1 Å². The molecule has 0 aliphatic carbocycles. The van der Waals surface area contributed by atoms with Crippen LogP contribution in [0.4, 0.5) is 5.69 Å². The van der Waals surface area contributed by atoms with Gasteiger partial charge in [-0.05, 0) is 36.8 Å². The van der Waals surface area contributed by atoms with Crippen molar-refractivity contribution >= 4 is 23.6 Å². The fourth-order valence-electron chi connectivity index (χ4n) is 2.26.